The Kier molecular flexibility index (Phi) is 8.80. The number of carbonyl (C=O) groups excluding carboxylic acids is 2. The maximum absolute atomic E-state index is 13.8. The second-order valence-corrected chi connectivity index (χ2v) is 9.79. The topological polar surface area (TPSA) is 74.2 Å². The van der Waals surface area contributed by atoms with Gasteiger partial charge in [0.15, 0.2) is 17.3 Å². The number of aliphatic imine (C=N–C) groups is 1. The third-order valence-corrected chi connectivity index (χ3v) is 7.16. The van der Waals surface area contributed by atoms with E-state index in [2.05, 4.69) is 19.1 Å². The first kappa shape index (κ1) is 26.6. The summed E-state index contributed by atoms with van der Waals surface area (Å²) in [6, 6.07) is 15.8. The van der Waals surface area contributed by atoms with Gasteiger partial charge in [-0.1, -0.05) is 56.7 Å². The van der Waals surface area contributed by atoms with Gasteiger partial charge in [-0.15, -0.1) is 0 Å². The average Bonchev–Trinajstić information content (AvgIpc) is 2.91. The number of carbonyl (C=O) groups is 2. The van der Waals surface area contributed by atoms with Gasteiger partial charge in [0.25, 0.3) is 0 Å². The number of allylic oxidation sites excluding steroid dienone is 2. The summed E-state index contributed by atoms with van der Waals surface area (Å²) < 4.78 is 17.2. The van der Waals surface area contributed by atoms with E-state index in [1.807, 2.05) is 50.2 Å². The average molecular weight is 504 g/mol. The van der Waals surface area contributed by atoms with Gasteiger partial charge in [-0.2, -0.15) is 0 Å². The lowest BCUT2D eigenvalue weighted by Gasteiger charge is -2.36. The summed E-state index contributed by atoms with van der Waals surface area (Å²) in [5.74, 6) is -0.166. The lowest BCUT2D eigenvalue weighted by Crippen LogP contribution is -2.38. The Morgan fingerprint density at radius 1 is 0.973 bits per heavy atom. The van der Waals surface area contributed by atoms with Crippen molar-refractivity contribution in [3.05, 3.63) is 70.9 Å². The van der Waals surface area contributed by atoms with E-state index in [0.29, 0.717) is 48.8 Å². The number of Topliss-reactive ketones (excluding diaryl/α,β-unsaturated/α-hetero) is 1. The smallest absolute Gasteiger partial charge is 0.315 e. The molecule has 2 aliphatic rings. The number of methoxy groups -OCH3 is 1. The number of rotatable bonds is 10. The van der Waals surface area contributed by atoms with Crippen molar-refractivity contribution < 1.29 is 23.8 Å². The van der Waals surface area contributed by atoms with Crippen molar-refractivity contribution in [1.82, 2.24) is 0 Å². The lowest BCUT2D eigenvalue weighted by molar-refractivity contribution is -0.146. The maximum atomic E-state index is 13.8. The number of ketones is 1. The van der Waals surface area contributed by atoms with E-state index in [4.69, 9.17) is 19.2 Å². The van der Waals surface area contributed by atoms with E-state index in [0.717, 1.165) is 36.1 Å². The van der Waals surface area contributed by atoms with Crippen LogP contribution < -0.4 is 9.47 Å². The Morgan fingerprint density at radius 3 is 2.46 bits per heavy atom. The molecule has 6 heteroatoms. The minimum absolute atomic E-state index is 0.0352. The Hall–Kier alpha value is -3.41. The molecule has 1 heterocycles. The molecule has 1 unspecified atom stereocenters. The highest BCUT2D eigenvalue weighted by Crippen LogP contribution is 2.48. The fourth-order valence-corrected chi connectivity index (χ4v) is 5.30. The number of benzene rings is 2. The molecule has 0 aromatic heterocycles. The van der Waals surface area contributed by atoms with Crippen LogP contribution >= 0.6 is 0 Å². The molecule has 0 spiro atoms. The van der Waals surface area contributed by atoms with Crippen LogP contribution in [0, 0.1) is 5.92 Å². The molecule has 1 aliphatic carbocycles. The third-order valence-electron chi connectivity index (χ3n) is 7.16. The molecule has 4 rings (SSSR count). The predicted octanol–water partition coefficient (Wildman–Crippen LogP) is 6.40. The lowest BCUT2D eigenvalue weighted by atomic mass is 9.69. The van der Waals surface area contributed by atoms with Crippen molar-refractivity contribution >= 4 is 17.5 Å². The molecule has 37 heavy (non-hydrogen) atoms. The zero-order valence-electron chi connectivity index (χ0n) is 22.3. The molecule has 0 N–H and O–H groups in total. The number of hydrogen-bond donors (Lipinski definition) is 0. The van der Waals surface area contributed by atoms with Crippen molar-refractivity contribution in [2.75, 3.05) is 20.3 Å². The van der Waals surface area contributed by atoms with Crippen molar-refractivity contribution in [3.63, 3.8) is 0 Å². The highest BCUT2D eigenvalue weighted by molar-refractivity contribution is 6.09. The molecule has 196 valence electrons. The summed E-state index contributed by atoms with van der Waals surface area (Å²) in [4.78, 5) is 32.0. The van der Waals surface area contributed by atoms with Gasteiger partial charge in [0.05, 0.1) is 20.3 Å². The molecule has 1 aliphatic heterocycles. The number of ether oxygens (including phenoxy) is 3. The number of unbranched alkanes of at least 4 members (excludes halogenated alkanes) is 1. The minimum Gasteiger partial charge on any atom is -0.493 e. The highest BCUT2D eigenvalue weighted by atomic mass is 16.5. The second-order valence-electron chi connectivity index (χ2n) is 9.79. The Labute approximate surface area is 219 Å². The van der Waals surface area contributed by atoms with Gasteiger partial charge in [0.1, 0.15) is 5.92 Å². The third kappa shape index (κ3) is 5.79. The fraction of sp³-hybridized carbons (Fsp3) is 0.452. The highest BCUT2D eigenvalue weighted by Gasteiger charge is 2.45. The van der Waals surface area contributed by atoms with Crippen molar-refractivity contribution in [1.29, 1.82) is 0 Å². The molecule has 0 saturated heterocycles. The van der Waals surface area contributed by atoms with E-state index in [-0.39, 0.29) is 17.7 Å². The molecule has 0 saturated carbocycles. The summed E-state index contributed by atoms with van der Waals surface area (Å²) in [6.45, 7) is 6.90. The Morgan fingerprint density at radius 2 is 1.76 bits per heavy atom. The van der Waals surface area contributed by atoms with Gasteiger partial charge in [0.2, 0.25) is 0 Å². The van der Waals surface area contributed by atoms with Crippen LogP contribution in [-0.2, 0) is 14.3 Å². The molecule has 0 fully saturated rings. The van der Waals surface area contributed by atoms with E-state index >= 15 is 0 Å². The first-order valence-corrected chi connectivity index (χ1v) is 13.3. The van der Waals surface area contributed by atoms with Crippen molar-refractivity contribution in [3.8, 4) is 11.5 Å². The van der Waals surface area contributed by atoms with Crippen LogP contribution in [0.3, 0.4) is 0 Å². The second kappa shape index (κ2) is 12.2. The van der Waals surface area contributed by atoms with Gasteiger partial charge in [-0.3, -0.25) is 14.6 Å². The van der Waals surface area contributed by atoms with Crippen LogP contribution in [0.5, 0.6) is 11.5 Å². The molecule has 6 nitrogen and oxygen atoms in total. The van der Waals surface area contributed by atoms with Crippen LogP contribution in [0.25, 0.3) is 0 Å². The zero-order valence-corrected chi connectivity index (χ0v) is 22.3. The van der Waals surface area contributed by atoms with E-state index < -0.39 is 11.8 Å². The molecule has 2 aromatic carbocycles. The summed E-state index contributed by atoms with van der Waals surface area (Å²) in [5.41, 5.74) is 4.03. The molecule has 0 amide bonds. The number of nitrogens with zero attached hydrogens (tertiary/aromatic N) is 1. The molecule has 0 bridgehead atoms. The van der Waals surface area contributed by atoms with Gasteiger partial charge in [0, 0.05) is 29.3 Å². The van der Waals surface area contributed by atoms with Gasteiger partial charge < -0.3 is 14.2 Å². The minimum atomic E-state index is -0.667. The van der Waals surface area contributed by atoms with Crippen LogP contribution in [0.15, 0.2) is 64.8 Å². The fourth-order valence-electron chi connectivity index (χ4n) is 5.30. The van der Waals surface area contributed by atoms with E-state index in [1.165, 1.54) is 0 Å². The van der Waals surface area contributed by atoms with Crippen LogP contribution in [0.2, 0.25) is 0 Å². The Balaban J connectivity index is 1.77. The first-order chi connectivity index (χ1) is 18.0. The van der Waals surface area contributed by atoms with E-state index in [1.54, 1.807) is 7.11 Å². The monoisotopic (exact) mass is 503 g/mol. The normalized spacial score (nSPS) is 21.2. The van der Waals surface area contributed by atoms with E-state index in [9.17, 15) is 9.59 Å². The molecular weight excluding hydrogens is 466 g/mol. The van der Waals surface area contributed by atoms with Crippen molar-refractivity contribution in [2.45, 2.75) is 64.7 Å². The Bertz CT molecular complexity index is 1180. The SMILES string of the molecule is CCCCOC(=O)C1C(C)=NC2=C(C(=O)C[C@H](c3ccccc3)C2)[C@@H]1c1ccc(OCCC)c(OC)c1. The van der Waals surface area contributed by atoms with Gasteiger partial charge in [-0.25, -0.2) is 0 Å². The standard InChI is InChI=1S/C31H37NO5/c1-5-7-16-37-31(34)28-20(3)32-24-17-23(21-11-9-8-10-12-21)18-25(33)30(24)29(28)22-13-14-26(36-15-6-2)27(19-22)35-4/h8-14,19,23,28-29H,5-7,15-18H2,1-4H3/t23-,28?,29-/m1/s1. The van der Waals surface area contributed by atoms with Crippen LogP contribution in [0.1, 0.15) is 75.8 Å². The number of esters is 1. The molecule has 2 aromatic rings. The molecule has 3 atom stereocenters. The van der Waals surface area contributed by atoms with Crippen LogP contribution in [-0.4, -0.2) is 37.8 Å². The molecular formula is C31H37NO5. The summed E-state index contributed by atoms with van der Waals surface area (Å²) >= 11 is 0. The number of hydrogen-bond acceptors (Lipinski definition) is 6. The predicted molar refractivity (Wildman–Crippen MR) is 144 cm³/mol. The summed E-state index contributed by atoms with van der Waals surface area (Å²) in [6.07, 6.45) is 3.65. The largest absolute Gasteiger partial charge is 0.493 e. The summed E-state index contributed by atoms with van der Waals surface area (Å²) in [5, 5.41) is 0. The van der Waals surface area contributed by atoms with Gasteiger partial charge >= 0.3 is 5.97 Å². The van der Waals surface area contributed by atoms with Crippen molar-refractivity contribution in [2.24, 2.45) is 10.9 Å². The molecule has 0 radical (unpaired) electrons. The van der Waals surface area contributed by atoms with Crippen LogP contribution in [0.4, 0.5) is 0 Å². The zero-order chi connectivity index (χ0) is 26.4. The first-order valence-electron chi connectivity index (χ1n) is 13.3. The summed E-state index contributed by atoms with van der Waals surface area (Å²) in [7, 11) is 1.60. The van der Waals surface area contributed by atoms with Gasteiger partial charge in [-0.05, 0) is 55.4 Å². The maximum Gasteiger partial charge on any atom is 0.315 e. The quantitative estimate of drug-likeness (QED) is 0.277.